The van der Waals surface area contributed by atoms with Crippen LogP contribution in [0.5, 0.6) is 0 Å². The summed E-state index contributed by atoms with van der Waals surface area (Å²) in [5.74, 6) is 0.982. The van der Waals surface area contributed by atoms with Crippen molar-refractivity contribution in [3.8, 4) is 0 Å². The zero-order chi connectivity index (χ0) is 9.14. The third kappa shape index (κ3) is 1.58. The molecule has 4 heteroatoms. The molecule has 1 atom stereocenters. The molecule has 0 fully saturated rings. The monoisotopic (exact) mass is 169 g/mol. The molecule has 0 aliphatic rings. The Kier molecular flexibility index (Phi) is 2.70. The predicted molar refractivity (Wildman–Crippen MR) is 47.9 cm³/mol. The Morgan fingerprint density at radius 2 is 2.42 bits per heavy atom. The summed E-state index contributed by atoms with van der Waals surface area (Å²) in [5.41, 5.74) is 6.69. The fraction of sp³-hybridized carbons (Fsp3) is 0.625. The van der Waals surface area contributed by atoms with Gasteiger partial charge in [-0.2, -0.15) is 0 Å². The molecule has 0 spiro atoms. The zero-order valence-electron chi connectivity index (χ0n) is 7.74. The molecular weight excluding hydrogens is 154 g/mol. The van der Waals surface area contributed by atoms with Crippen molar-refractivity contribution in [3.63, 3.8) is 0 Å². The van der Waals surface area contributed by atoms with E-state index < -0.39 is 0 Å². The molecule has 1 unspecified atom stereocenters. The molecule has 0 amide bonds. The summed E-state index contributed by atoms with van der Waals surface area (Å²) in [7, 11) is 3.56. The van der Waals surface area contributed by atoms with Crippen LogP contribution in [0.4, 0.5) is 5.82 Å². The molecule has 0 saturated heterocycles. The van der Waals surface area contributed by atoms with Crippen LogP contribution in [0.25, 0.3) is 0 Å². The van der Waals surface area contributed by atoms with Gasteiger partial charge >= 0.3 is 0 Å². The van der Waals surface area contributed by atoms with Gasteiger partial charge in [-0.1, -0.05) is 6.92 Å². The molecule has 0 bridgehead atoms. The quantitative estimate of drug-likeness (QED) is 0.726. The third-order valence-electron chi connectivity index (χ3n) is 1.90. The number of nitrogens with zero attached hydrogens (tertiary/aromatic N) is 2. The van der Waals surface area contributed by atoms with Gasteiger partial charge in [0.2, 0.25) is 0 Å². The normalized spacial score (nSPS) is 13.2. The van der Waals surface area contributed by atoms with Gasteiger partial charge < -0.3 is 15.0 Å². The highest BCUT2D eigenvalue weighted by Gasteiger charge is 2.12. The number of imidazole rings is 1. The average Bonchev–Trinajstić information content (AvgIpc) is 2.34. The SMILES string of the molecule is COCC(C)c1ncn(C)c1N. The highest BCUT2D eigenvalue weighted by atomic mass is 16.5. The van der Waals surface area contributed by atoms with Gasteiger partial charge in [0.05, 0.1) is 18.6 Å². The molecule has 1 heterocycles. The maximum atomic E-state index is 5.78. The first-order valence-corrected chi connectivity index (χ1v) is 3.92. The molecule has 68 valence electrons. The molecule has 1 rings (SSSR count). The summed E-state index contributed by atoms with van der Waals surface area (Å²) in [6.07, 6.45) is 1.72. The summed E-state index contributed by atoms with van der Waals surface area (Å²) in [6, 6.07) is 0. The minimum atomic E-state index is 0.260. The van der Waals surface area contributed by atoms with Crippen molar-refractivity contribution < 1.29 is 4.74 Å². The minimum Gasteiger partial charge on any atom is -0.384 e. The van der Waals surface area contributed by atoms with Gasteiger partial charge in [0, 0.05) is 20.1 Å². The summed E-state index contributed by atoms with van der Waals surface area (Å²) in [6.45, 7) is 2.70. The molecular formula is C8H15N3O. The lowest BCUT2D eigenvalue weighted by atomic mass is 10.1. The number of hydrogen-bond acceptors (Lipinski definition) is 3. The van der Waals surface area contributed by atoms with Crippen molar-refractivity contribution in [2.45, 2.75) is 12.8 Å². The van der Waals surface area contributed by atoms with Crippen LogP contribution in [-0.2, 0) is 11.8 Å². The van der Waals surface area contributed by atoms with Crippen molar-refractivity contribution in [1.29, 1.82) is 0 Å². The van der Waals surface area contributed by atoms with Crippen LogP contribution in [0.3, 0.4) is 0 Å². The van der Waals surface area contributed by atoms with E-state index in [9.17, 15) is 0 Å². The van der Waals surface area contributed by atoms with Crippen LogP contribution in [0, 0.1) is 0 Å². The van der Waals surface area contributed by atoms with Gasteiger partial charge in [0.25, 0.3) is 0 Å². The molecule has 2 N–H and O–H groups in total. The Balaban J connectivity index is 2.80. The Bertz CT molecular complexity index is 257. The van der Waals surface area contributed by atoms with Gasteiger partial charge in [-0.05, 0) is 0 Å². The number of aryl methyl sites for hydroxylation is 1. The van der Waals surface area contributed by atoms with E-state index >= 15 is 0 Å². The van der Waals surface area contributed by atoms with E-state index in [0.29, 0.717) is 6.61 Å². The fourth-order valence-corrected chi connectivity index (χ4v) is 1.17. The number of anilines is 1. The second-order valence-corrected chi connectivity index (χ2v) is 2.98. The van der Waals surface area contributed by atoms with Crippen molar-refractivity contribution in [3.05, 3.63) is 12.0 Å². The van der Waals surface area contributed by atoms with E-state index in [1.807, 2.05) is 18.5 Å². The number of ether oxygens (including phenoxy) is 1. The molecule has 0 aliphatic carbocycles. The van der Waals surface area contributed by atoms with E-state index in [1.54, 1.807) is 13.4 Å². The standard InChI is InChI=1S/C8H15N3O/c1-6(4-12-3)7-8(9)11(2)5-10-7/h5-6H,4,9H2,1-3H3. The number of methoxy groups -OCH3 is 1. The smallest absolute Gasteiger partial charge is 0.126 e. The van der Waals surface area contributed by atoms with Crippen molar-refractivity contribution in [2.24, 2.45) is 7.05 Å². The lowest BCUT2D eigenvalue weighted by molar-refractivity contribution is 0.183. The van der Waals surface area contributed by atoms with Crippen molar-refractivity contribution in [2.75, 3.05) is 19.5 Å². The Morgan fingerprint density at radius 3 is 2.83 bits per heavy atom. The zero-order valence-corrected chi connectivity index (χ0v) is 7.74. The van der Waals surface area contributed by atoms with Crippen LogP contribution >= 0.6 is 0 Å². The number of nitrogens with two attached hydrogens (primary N) is 1. The van der Waals surface area contributed by atoms with Crippen LogP contribution in [0.2, 0.25) is 0 Å². The van der Waals surface area contributed by atoms with Crippen molar-refractivity contribution >= 4 is 5.82 Å². The molecule has 1 aromatic heterocycles. The molecule has 0 aliphatic heterocycles. The van der Waals surface area contributed by atoms with Crippen LogP contribution < -0.4 is 5.73 Å². The van der Waals surface area contributed by atoms with E-state index in [-0.39, 0.29) is 5.92 Å². The third-order valence-corrected chi connectivity index (χ3v) is 1.90. The average molecular weight is 169 g/mol. The number of rotatable bonds is 3. The Hall–Kier alpha value is -1.03. The molecule has 12 heavy (non-hydrogen) atoms. The molecule has 0 saturated carbocycles. The van der Waals surface area contributed by atoms with Gasteiger partial charge in [-0.25, -0.2) is 4.98 Å². The van der Waals surface area contributed by atoms with Gasteiger partial charge in [-0.15, -0.1) is 0 Å². The highest BCUT2D eigenvalue weighted by molar-refractivity contribution is 5.37. The van der Waals surface area contributed by atoms with Crippen LogP contribution in [-0.4, -0.2) is 23.3 Å². The predicted octanol–water partition coefficient (Wildman–Crippen LogP) is 0.752. The summed E-state index contributed by atoms with van der Waals surface area (Å²) < 4.78 is 6.82. The largest absolute Gasteiger partial charge is 0.384 e. The lowest BCUT2D eigenvalue weighted by Crippen LogP contribution is -2.06. The topological polar surface area (TPSA) is 53.1 Å². The summed E-state index contributed by atoms with van der Waals surface area (Å²) >= 11 is 0. The number of hydrogen-bond donors (Lipinski definition) is 1. The number of aromatic nitrogens is 2. The summed E-state index contributed by atoms with van der Waals surface area (Å²) in [5, 5.41) is 0. The van der Waals surface area contributed by atoms with Gasteiger partial charge in [-0.3, -0.25) is 0 Å². The number of nitrogen functional groups attached to an aromatic ring is 1. The second kappa shape index (κ2) is 3.58. The fourth-order valence-electron chi connectivity index (χ4n) is 1.17. The van der Waals surface area contributed by atoms with Gasteiger partial charge in [0.15, 0.2) is 0 Å². The maximum Gasteiger partial charge on any atom is 0.126 e. The molecule has 1 aromatic rings. The second-order valence-electron chi connectivity index (χ2n) is 2.98. The molecule has 0 aromatic carbocycles. The van der Waals surface area contributed by atoms with Crippen LogP contribution in [0.15, 0.2) is 6.33 Å². The summed E-state index contributed by atoms with van der Waals surface area (Å²) in [4.78, 5) is 4.19. The first-order chi connectivity index (χ1) is 5.66. The minimum absolute atomic E-state index is 0.260. The van der Waals surface area contributed by atoms with E-state index in [0.717, 1.165) is 11.5 Å². The van der Waals surface area contributed by atoms with Gasteiger partial charge in [0.1, 0.15) is 5.82 Å². The first-order valence-electron chi connectivity index (χ1n) is 3.92. The van der Waals surface area contributed by atoms with Crippen molar-refractivity contribution in [1.82, 2.24) is 9.55 Å². The Morgan fingerprint density at radius 1 is 1.75 bits per heavy atom. The van der Waals surface area contributed by atoms with Crippen LogP contribution in [0.1, 0.15) is 18.5 Å². The molecule has 4 nitrogen and oxygen atoms in total. The highest BCUT2D eigenvalue weighted by Crippen LogP contribution is 2.19. The Labute approximate surface area is 72.3 Å². The molecule has 0 radical (unpaired) electrons. The lowest BCUT2D eigenvalue weighted by Gasteiger charge is -2.07. The first kappa shape index (κ1) is 9.06. The maximum absolute atomic E-state index is 5.78. The van der Waals surface area contributed by atoms with E-state index in [4.69, 9.17) is 10.5 Å². The van der Waals surface area contributed by atoms with E-state index in [1.165, 1.54) is 0 Å². The van der Waals surface area contributed by atoms with E-state index in [2.05, 4.69) is 4.98 Å².